The Morgan fingerprint density at radius 1 is 1.13 bits per heavy atom. The van der Waals surface area contributed by atoms with Crippen LogP contribution in [0.2, 0.25) is 0 Å². The molecule has 0 unspecified atom stereocenters. The molecular weight excluding hydrogens is 396 g/mol. The summed E-state index contributed by atoms with van der Waals surface area (Å²) in [6.45, 7) is 6.81. The maximum Gasteiger partial charge on any atom is 0.335 e. The van der Waals surface area contributed by atoms with Crippen molar-refractivity contribution < 1.29 is 23.4 Å². The summed E-state index contributed by atoms with van der Waals surface area (Å²) in [7, 11) is 0. The van der Waals surface area contributed by atoms with Crippen LogP contribution in [0.25, 0.3) is 11.5 Å². The van der Waals surface area contributed by atoms with Gasteiger partial charge in [0.15, 0.2) is 6.10 Å². The lowest BCUT2D eigenvalue weighted by Crippen LogP contribution is -2.28. The predicted molar refractivity (Wildman–Crippen MR) is 116 cm³/mol. The Labute approximate surface area is 182 Å². The molecule has 1 atom stereocenters. The summed E-state index contributed by atoms with van der Waals surface area (Å²) in [5, 5.41) is 0. The molecule has 1 aromatic carbocycles. The SMILES string of the molecule is CCOC(=O)[C@H](Cc1ccc(OCCc2nc(-c3cccnc3)oc2C)cc1)OCC. The van der Waals surface area contributed by atoms with Crippen LogP contribution in [-0.4, -0.2) is 41.9 Å². The van der Waals surface area contributed by atoms with E-state index in [4.69, 9.17) is 18.6 Å². The van der Waals surface area contributed by atoms with E-state index < -0.39 is 6.10 Å². The second-order valence-corrected chi connectivity index (χ2v) is 6.91. The van der Waals surface area contributed by atoms with E-state index >= 15 is 0 Å². The predicted octanol–water partition coefficient (Wildman–Crippen LogP) is 4.18. The molecule has 0 aliphatic carbocycles. The molecule has 0 N–H and O–H groups in total. The summed E-state index contributed by atoms with van der Waals surface area (Å²) in [6.07, 6.45) is 3.94. The molecule has 7 heteroatoms. The summed E-state index contributed by atoms with van der Waals surface area (Å²) in [5.74, 6) is 1.76. The number of hydrogen-bond acceptors (Lipinski definition) is 7. The van der Waals surface area contributed by atoms with Gasteiger partial charge in [-0.15, -0.1) is 0 Å². The Morgan fingerprint density at radius 2 is 1.94 bits per heavy atom. The van der Waals surface area contributed by atoms with Crippen LogP contribution in [0, 0.1) is 6.92 Å². The topological polar surface area (TPSA) is 83.7 Å². The number of nitrogens with zero attached hydrogens (tertiary/aromatic N) is 2. The molecule has 3 rings (SSSR count). The summed E-state index contributed by atoms with van der Waals surface area (Å²) in [6, 6.07) is 11.4. The van der Waals surface area contributed by atoms with Gasteiger partial charge >= 0.3 is 5.97 Å². The number of aromatic nitrogens is 2. The first-order valence-electron chi connectivity index (χ1n) is 10.5. The Balaban J connectivity index is 1.53. The fourth-order valence-electron chi connectivity index (χ4n) is 3.12. The minimum absolute atomic E-state index is 0.335. The first-order valence-corrected chi connectivity index (χ1v) is 10.5. The lowest BCUT2D eigenvalue weighted by Gasteiger charge is -2.15. The van der Waals surface area contributed by atoms with Crippen LogP contribution in [-0.2, 0) is 27.1 Å². The molecule has 3 aromatic rings. The van der Waals surface area contributed by atoms with Gasteiger partial charge in [-0.05, 0) is 50.6 Å². The van der Waals surface area contributed by atoms with Gasteiger partial charge in [-0.1, -0.05) is 12.1 Å². The Kier molecular flexibility index (Phi) is 8.18. The summed E-state index contributed by atoms with van der Waals surface area (Å²) in [5.41, 5.74) is 2.69. The van der Waals surface area contributed by atoms with Gasteiger partial charge in [-0.25, -0.2) is 9.78 Å². The lowest BCUT2D eigenvalue weighted by molar-refractivity contribution is -0.156. The number of carbonyl (C=O) groups is 1. The molecular formula is C24H28N2O5. The molecule has 0 bridgehead atoms. The van der Waals surface area contributed by atoms with Gasteiger partial charge in [0, 0.05) is 31.8 Å². The highest BCUT2D eigenvalue weighted by Crippen LogP contribution is 2.21. The number of aryl methyl sites for hydroxylation is 1. The van der Waals surface area contributed by atoms with Crippen LogP contribution in [0.1, 0.15) is 30.9 Å². The van der Waals surface area contributed by atoms with E-state index in [9.17, 15) is 4.79 Å². The van der Waals surface area contributed by atoms with Crippen molar-refractivity contribution in [1.29, 1.82) is 0 Å². The summed E-state index contributed by atoms with van der Waals surface area (Å²) >= 11 is 0. The van der Waals surface area contributed by atoms with Gasteiger partial charge < -0.3 is 18.6 Å². The van der Waals surface area contributed by atoms with Gasteiger partial charge in [0.05, 0.1) is 24.5 Å². The van der Waals surface area contributed by atoms with E-state index in [2.05, 4.69) is 9.97 Å². The molecule has 0 saturated carbocycles. The Morgan fingerprint density at radius 3 is 2.61 bits per heavy atom. The maximum atomic E-state index is 12.0. The molecule has 31 heavy (non-hydrogen) atoms. The average molecular weight is 424 g/mol. The monoisotopic (exact) mass is 424 g/mol. The van der Waals surface area contributed by atoms with E-state index in [0.717, 1.165) is 28.3 Å². The van der Waals surface area contributed by atoms with E-state index in [-0.39, 0.29) is 5.97 Å². The molecule has 0 radical (unpaired) electrons. The van der Waals surface area contributed by atoms with Crippen molar-refractivity contribution in [2.24, 2.45) is 0 Å². The summed E-state index contributed by atoms with van der Waals surface area (Å²) in [4.78, 5) is 20.7. The number of hydrogen-bond donors (Lipinski definition) is 0. The van der Waals surface area contributed by atoms with Crippen LogP contribution < -0.4 is 4.74 Å². The molecule has 0 saturated heterocycles. The second-order valence-electron chi connectivity index (χ2n) is 6.91. The smallest absolute Gasteiger partial charge is 0.335 e. The fourth-order valence-corrected chi connectivity index (χ4v) is 3.12. The number of ether oxygens (including phenoxy) is 3. The first-order chi connectivity index (χ1) is 15.1. The number of carbonyl (C=O) groups excluding carboxylic acids is 1. The van der Waals surface area contributed by atoms with Crippen molar-refractivity contribution in [2.45, 2.75) is 39.7 Å². The molecule has 0 aliphatic rings. The number of benzene rings is 1. The van der Waals surface area contributed by atoms with Crippen molar-refractivity contribution in [1.82, 2.24) is 9.97 Å². The molecule has 0 spiro atoms. The average Bonchev–Trinajstić information content (AvgIpc) is 3.16. The Hall–Kier alpha value is -3.19. The molecule has 2 heterocycles. The van der Waals surface area contributed by atoms with Crippen LogP contribution in [0.4, 0.5) is 0 Å². The fraction of sp³-hybridized carbons (Fsp3) is 0.375. The highest BCUT2D eigenvalue weighted by Gasteiger charge is 2.20. The van der Waals surface area contributed by atoms with Gasteiger partial charge in [-0.3, -0.25) is 4.98 Å². The van der Waals surface area contributed by atoms with Crippen molar-refractivity contribution in [2.75, 3.05) is 19.8 Å². The number of pyridine rings is 1. The van der Waals surface area contributed by atoms with Gasteiger partial charge in [0.25, 0.3) is 0 Å². The number of rotatable bonds is 11. The minimum atomic E-state index is -0.596. The van der Waals surface area contributed by atoms with Gasteiger partial charge in [-0.2, -0.15) is 0 Å². The quantitative estimate of drug-likeness (QED) is 0.427. The molecule has 7 nitrogen and oxygen atoms in total. The molecule has 0 amide bonds. The molecule has 0 fully saturated rings. The van der Waals surface area contributed by atoms with Crippen LogP contribution >= 0.6 is 0 Å². The van der Waals surface area contributed by atoms with Crippen LogP contribution in [0.5, 0.6) is 5.75 Å². The normalized spacial score (nSPS) is 11.8. The van der Waals surface area contributed by atoms with Crippen molar-refractivity contribution in [3.05, 3.63) is 65.8 Å². The van der Waals surface area contributed by atoms with Gasteiger partial charge in [0.2, 0.25) is 5.89 Å². The largest absolute Gasteiger partial charge is 0.493 e. The second kappa shape index (κ2) is 11.3. The van der Waals surface area contributed by atoms with Crippen LogP contribution in [0.3, 0.4) is 0 Å². The highest BCUT2D eigenvalue weighted by molar-refractivity contribution is 5.75. The zero-order valence-corrected chi connectivity index (χ0v) is 18.2. The third-order valence-corrected chi connectivity index (χ3v) is 4.67. The standard InChI is InChI=1S/C24H28N2O5/c1-4-28-22(24(27)29-5-2)15-18-8-10-20(11-9-18)30-14-12-21-17(3)31-23(26-21)19-7-6-13-25-16-19/h6-11,13,16,22H,4-5,12,14-15H2,1-3H3/t22-/m0/s1. The van der Waals surface area contributed by atoms with Crippen LogP contribution in [0.15, 0.2) is 53.2 Å². The maximum absolute atomic E-state index is 12.0. The summed E-state index contributed by atoms with van der Waals surface area (Å²) < 4.78 is 22.2. The number of esters is 1. The van der Waals surface area contributed by atoms with E-state index in [1.807, 2.05) is 50.2 Å². The number of oxazole rings is 1. The zero-order chi connectivity index (χ0) is 22.1. The van der Waals surface area contributed by atoms with E-state index in [1.165, 1.54) is 0 Å². The van der Waals surface area contributed by atoms with Gasteiger partial charge in [0.1, 0.15) is 11.5 Å². The Bertz CT molecular complexity index is 954. The van der Waals surface area contributed by atoms with E-state index in [1.54, 1.807) is 19.3 Å². The van der Waals surface area contributed by atoms with Crippen molar-refractivity contribution >= 4 is 5.97 Å². The highest BCUT2D eigenvalue weighted by atomic mass is 16.6. The van der Waals surface area contributed by atoms with Crippen molar-refractivity contribution in [3.63, 3.8) is 0 Å². The third kappa shape index (κ3) is 6.39. The minimum Gasteiger partial charge on any atom is -0.493 e. The molecule has 0 aliphatic heterocycles. The molecule has 164 valence electrons. The molecule has 2 aromatic heterocycles. The lowest BCUT2D eigenvalue weighted by atomic mass is 10.1. The zero-order valence-electron chi connectivity index (χ0n) is 18.2. The third-order valence-electron chi connectivity index (χ3n) is 4.67. The van der Waals surface area contributed by atoms with Crippen molar-refractivity contribution in [3.8, 4) is 17.2 Å². The van der Waals surface area contributed by atoms with E-state index in [0.29, 0.717) is 38.6 Å². The first kappa shape index (κ1) is 22.5.